The Bertz CT molecular complexity index is 1110. The summed E-state index contributed by atoms with van der Waals surface area (Å²) >= 11 is 0. The van der Waals surface area contributed by atoms with Crippen LogP contribution in [0.5, 0.6) is 0 Å². The van der Waals surface area contributed by atoms with Crippen LogP contribution in [0.2, 0.25) is 0 Å². The minimum absolute atomic E-state index is 0.0426. The number of halogens is 3. The molecule has 162 valence electrons. The van der Waals surface area contributed by atoms with Crippen LogP contribution in [0.3, 0.4) is 0 Å². The van der Waals surface area contributed by atoms with Gasteiger partial charge in [-0.15, -0.1) is 0 Å². The lowest BCUT2D eigenvalue weighted by atomic mass is 9.97. The molecule has 2 aromatic heterocycles. The minimum atomic E-state index is -4.59. The third-order valence-electron chi connectivity index (χ3n) is 5.63. The zero-order chi connectivity index (χ0) is 22.6. The predicted molar refractivity (Wildman–Crippen MR) is 102 cm³/mol. The number of fused-ring (bicyclic) bond motifs is 2. The standard InChI is InChI=1S/C20H18F3N5O3/c1-12(24)14(10-29)17(30)27-7-8-28-18(31)15-3-2-6-26(15)11-19(27,28)16-5-4-13(9-25-16)20(21,22)23/h2-6,9-10,24,29H,7-8,11H2,1H3/b14-10+,24-12?. The van der Waals surface area contributed by atoms with Crippen molar-refractivity contribution in [2.45, 2.75) is 25.3 Å². The van der Waals surface area contributed by atoms with Crippen LogP contribution in [-0.2, 0) is 23.2 Å². The zero-order valence-electron chi connectivity index (χ0n) is 16.3. The van der Waals surface area contributed by atoms with E-state index in [1.807, 2.05) is 0 Å². The summed E-state index contributed by atoms with van der Waals surface area (Å²) in [5.74, 6) is -1.11. The maximum atomic E-state index is 13.2. The number of nitrogens with zero attached hydrogens (tertiary/aromatic N) is 4. The second-order valence-electron chi connectivity index (χ2n) is 7.35. The van der Waals surface area contributed by atoms with Crippen molar-refractivity contribution in [2.24, 2.45) is 0 Å². The fourth-order valence-electron chi connectivity index (χ4n) is 4.16. The molecule has 0 radical (unpaired) electrons. The molecule has 1 atom stereocenters. The van der Waals surface area contributed by atoms with Crippen LogP contribution in [0.15, 0.2) is 48.5 Å². The van der Waals surface area contributed by atoms with E-state index >= 15 is 0 Å². The highest BCUT2D eigenvalue weighted by Gasteiger charge is 2.57. The Morgan fingerprint density at radius 3 is 2.61 bits per heavy atom. The van der Waals surface area contributed by atoms with Crippen LogP contribution in [0, 0.1) is 5.41 Å². The first-order valence-electron chi connectivity index (χ1n) is 9.34. The molecule has 1 fully saturated rings. The number of hydrogen-bond acceptors (Lipinski definition) is 5. The molecule has 31 heavy (non-hydrogen) atoms. The molecule has 1 unspecified atom stereocenters. The molecular weight excluding hydrogens is 415 g/mol. The summed E-state index contributed by atoms with van der Waals surface area (Å²) in [6.07, 6.45) is -1.76. The van der Waals surface area contributed by atoms with Gasteiger partial charge >= 0.3 is 6.18 Å². The van der Waals surface area contributed by atoms with Crippen LogP contribution in [0.25, 0.3) is 0 Å². The molecule has 2 aromatic rings. The number of nitrogens with one attached hydrogen (secondary N) is 1. The quantitative estimate of drug-likeness (QED) is 0.441. The lowest BCUT2D eigenvalue weighted by molar-refractivity contribution is -0.139. The van der Waals surface area contributed by atoms with Gasteiger partial charge in [0.15, 0.2) is 5.66 Å². The largest absolute Gasteiger partial charge is 0.515 e. The van der Waals surface area contributed by atoms with E-state index in [0.29, 0.717) is 18.2 Å². The molecule has 2 aliphatic heterocycles. The Balaban J connectivity index is 1.89. The summed E-state index contributed by atoms with van der Waals surface area (Å²) in [7, 11) is 0. The summed E-state index contributed by atoms with van der Waals surface area (Å²) < 4.78 is 40.8. The van der Waals surface area contributed by atoms with Gasteiger partial charge in [0.2, 0.25) is 0 Å². The summed E-state index contributed by atoms with van der Waals surface area (Å²) in [5.41, 5.74) is -2.46. The third-order valence-corrected chi connectivity index (χ3v) is 5.63. The lowest BCUT2D eigenvalue weighted by Gasteiger charge is -2.46. The molecule has 0 saturated carbocycles. The highest BCUT2D eigenvalue weighted by molar-refractivity contribution is 6.19. The summed E-state index contributed by atoms with van der Waals surface area (Å²) in [6.45, 7) is 1.55. The first-order chi connectivity index (χ1) is 14.6. The predicted octanol–water partition coefficient (Wildman–Crippen LogP) is 2.53. The summed E-state index contributed by atoms with van der Waals surface area (Å²) in [6, 6.07) is 5.30. The second-order valence-corrected chi connectivity index (χ2v) is 7.35. The number of rotatable bonds is 3. The van der Waals surface area contributed by atoms with Gasteiger partial charge in [0, 0.05) is 31.2 Å². The summed E-state index contributed by atoms with van der Waals surface area (Å²) in [5, 5.41) is 17.3. The zero-order valence-corrected chi connectivity index (χ0v) is 16.3. The van der Waals surface area contributed by atoms with E-state index in [0.717, 1.165) is 12.1 Å². The van der Waals surface area contributed by atoms with Gasteiger partial charge in [0.25, 0.3) is 11.8 Å². The topological polar surface area (TPSA) is 103 Å². The fourth-order valence-corrected chi connectivity index (χ4v) is 4.16. The van der Waals surface area contributed by atoms with Gasteiger partial charge in [-0.3, -0.25) is 14.6 Å². The van der Waals surface area contributed by atoms with Crippen molar-refractivity contribution in [1.82, 2.24) is 19.4 Å². The third kappa shape index (κ3) is 2.99. The Morgan fingerprint density at radius 1 is 1.29 bits per heavy atom. The molecule has 1 saturated heterocycles. The molecule has 8 nitrogen and oxygen atoms in total. The molecule has 2 N–H and O–H groups in total. The number of aromatic nitrogens is 2. The average molecular weight is 433 g/mol. The highest BCUT2D eigenvalue weighted by atomic mass is 19.4. The first kappa shape index (κ1) is 20.6. The van der Waals surface area contributed by atoms with Gasteiger partial charge < -0.3 is 24.9 Å². The van der Waals surface area contributed by atoms with Gasteiger partial charge in [-0.2, -0.15) is 13.2 Å². The van der Waals surface area contributed by atoms with Gasteiger partial charge in [-0.05, 0) is 31.2 Å². The normalized spacial score (nSPS) is 21.2. The molecule has 11 heteroatoms. The molecule has 4 rings (SSSR count). The second kappa shape index (κ2) is 6.96. The van der Waals surface area contributed by atoms with E-state index in [9.17, 15) is 27.9 Å². The molecule has 0 aromatic carbocycles. The van der Waals surface area contributed by atoms with Gasteiger partial charge in [0.05, 0.1) is 29.6 Å². The molecule has 0 spiro atoms. The monoisotopic (exact) mass is 433 g/mol. The van der Waals surface area contributed by atoms with E-state index in [4.69, 9.17) is 5.41 Å². The average Bonchev–Trinajstić information content (AvgIpc) is 3.33. The van der Waals surface area contributed by atoms with Crippen LogP contribution >= 0.6 is 0 Å². The lowest BCUT2D eigenvalue weighted by Crippen LogP contribution is -2.60. The smallest absolute Gasteiger partial charge is 0.417 e. The number of carbonyl (C=O) groups is 2. The summed E-state index contributed by atoms with van der Waals surface area (Å²) in [4.78, 5) is 33.1. The van der Waals surface area contributed by atoms with Crippen LogP contribution in [0.4, 0.5) is 13.2 Å². The van der Waals surface area contributed by atoms with Crippen molar-refractivity contribution in [3.8, 4) is 0 Å². The highest BCUT2D eigenvalue weighted by Crippen LogP contribution is 2.43. The Morgan fingerprint density at radius 2 is 2.03 bits per heavy atom. The van der Waals surface area contributed by atoms with Crippen molar-refractivity contribution in [1.29, 1.82) is 5.41 Å². The van der Waals surface area contributed by atoms with Crippen LogP contribution in [0.1, 0.15) is 28.7 Å². The number of carbonyl (C=O) groups excluding carboxylic acids is 2. The van der Waals surface area contributed by atoms with Crippen molar-refractivity contribution < 1.29 is 27.9 Å². The van der Waals surface area contributed by atoms with Gasteiger partial charge in [0.1, 0.15) is 5.69 Å². The SMILES string of the molecule is CC(=N)/C(=C\O)C(=O)N1CCN2C(=O)c3cccn3CC12c1ccc(C(F)(F)F)cn1. The van der Waals surface area contributed by atoms with Gasteiger partial charge in [-0.1, -0.05) is 0 Å². The van der Waals surface area contributed by atoms with E-state index in [1.54, 1.807) is 22.9 Å². The van der Waals surface area contributed by atoms with Crippen molar-refractivity contribution in [2.75, 3.05) is 13.1 Å². The van der Waals surface area contributed by atoms with Crippen molar-refractivity contribution in [3.63, 3.8) is 0 Å². The van der Waals surface area contributed by atoms with Crippen molar-refractivity contribution >= 4 is 17.5 Å². The minimum Gasteiger partial charge on any atom is -0.515 e. The van der Waals surface area contributed by atoms with Crippen molar-refractivity contribution in [3.05, 3.63) is 65.4 Å². The number of alkyl halides is 3. The number of aliphatic hydroxyl groups excluding tert-OH is 1. The number of pyridine rings is 1. The number of amides is 2. The maximum Gasteiger partial charge on any atom is 0.417 e. The Labute approximate surface area is 174 Å². The molecular formula is C20H18F3N5O3. The van der Waals surface area contributed by atoms with E-state index in [1.165, 1.54) is 16.7 Å². The maximum absolute atomic E-state index is 13.2. The molecule has 0 aliphatic carbocycles. The number of aliphatic hydroxyl groups is 1. The molecule has 2 aliphatic rings. The first-order valence-corrected chi connectivity index (χ1v) is 9.34. The fraction of sp³-hybridized carbons (Fsp3) is 0.300. The van der Waals surface area contributed by atoms with Crippen LogP contribution < -0.4 is 0 Å². The van der Waals surface area contributed by atoms with E-state index in [2.05, 4.69) is 4.98 Å². The Kier molecular flexibility index (Phi) is 4.64. The Hall–Kier alpha value is -3.63. The van der Waals surface area contributed by atoms with Gasteiger partial charge in [-0.25, -0.2) is 0 Å². The molecule has 2 amide bonds. The van der Waals surface area contributed by atoms with E-state index in [-0.39, 0.29) is 36.6 Å². The number of hydrogen-bond donors (Lipinski definition) is 2. The van der Waals surface area contributed by atoms with Crippen LogP contribution in [-0.4, -0.2) is 55.1 Å². The molecule has 0 bridgehead atoms. The molecule has 4 heterocycles. The van der Waals surface area contributed by atoms with E-state index < -0.39 is 29.2 Å².